The van der Waals surface area contributed by atoms with Crippen LogP contribution < -0.4 is 15.4 Å². The summed E-state index contributed by atoms with van der Waals surface area (Å²) in [5, 5.41) is 7.77. The maximum absolute atomic E-state index is 12.5. The highest BCUT2D eigenvalue weighted by Crippen LogP contribution is 2.27. The van der Waals surface area contributed by atoms with Gasteiger partial charge in [0.2, 0.25) is 0 Å². The fourth-order valence-electron chi connectivity index (χ4n) is 3.09. The van der Waals surface area contributed by atoms with E-state index in [1.54, 1.807) is 36.8 Å². The summed E-state index contributed by atoms with van der Waals surface area (Å²) in [5.41, 5.74) is 0.525. The largest absolute Gasteiger partial charge is 0.497 e. The molecule has 6 nitrogen and oxygen atoms in total. The van der Waals surface area contributed by atoms with E-state index in [0.29, 0.717) is 22.1 Å². The fraction of sp³-hybridized carbons (Fsp3) is 0.450. The third-order valence-corrected chi connectivity index (χ3v) is 4.49. The van der Waals surface area contributed by atoms with Crippen LogP contribution in [0.15, 0.2) is 29.6 Å². The Labute approximate surface area is 164 Å². The number of carbonyl (C=O) groups excluding carboxylic acids is 2. The average molecular weight is 390 g/mol. The topological polar surface area (TPSA) is 80.3 Å². The van der Waals surface area contributed by atoms with Crippen molar-refractivity contribution < 1.29 is 14.3 Å². The second-order valence-corrected chi connectivity index (χ2v) is 9.15. The Bertz CT molecular complexity index is 805. The summed E-state index contributed by atoms with van der Waals surface area (Å²) in [4.78, 5) is 29.0. The molecule has 0 unspecified atom stereocenters. The Morgan fingerprint density at radius 1 is 1.07 bits per heavy atom. The van der Waals surface area contributed by atoms with Crippen molar-refractivity contribution in [2.75, 3.05) is 12.4 Å². The molecular formula is C20H27N3O3S. The lowest BCUT2D eigenvalue weighted by molar-refractivity contribution is 0.0886. The van der Waals surface area contributed by atoms with Crippen LogP contribution in [-0.2, 0) is 0 Å². The van der Waals surface area contributed by atoms with Gasteiger partial charge in [-0.25, -0.2) is 4.98 Å². The zero-order chi connectivity index (χ0) is 20.2. The van der Waals surface area contributed by atoms with Crippen molar-refractivity contribution in [3.05, 3.63) is 40.9 Å². The lowest BCUT2D eigenvalue weighted by Gasteiger charge is -2.33. The molecule has 0 atom stereocenters. The van der Waals surface area contributed by atoms with E-state index >= 15 is 0 Å². The predicted octanol–water partition coefficient (Wildman–Crippen LogP) is 4.35. The van der Waals surface area contributed by atoms with E-state index in [4.69, 9.17) is 4.74 Å². The summed E-state index contributed by atoms with van der Waals surface area (Å²) >= 11 is 1.22. The van der Waals surface area contributed by atoms with Crippen LogP contribution in [0.4, 0.5) is 5.13 Å². The summed E-state index contributed by atoms with van der Waals surface area (Å²) in [6.07, 6.45) is 0.830. The Morgan fingerprint density at radius 2 is 1.70 bits per heavy atom. The molecule has 0 aliphatic carbocycles. The van der Waals surface area contributed by atoms with Gasteiger partial charge in [0, 0.05) is 16.5 Å². The van der Waals surface area contributed by atoms with Crippen molar-refractivity contribution in [3.8, 4) is 5.75 Å². The first-order valence-electron chi connectivity index (χ1n) is 8.72. The first-order valence-corrected chi connectivity index (χ1v) is 9.60. The third-order valence-electron chi connectivity index (χ3n) is 3.73. The molecule has 2 N–H and O–H groups in total. The van der Waals surface area contributed by atoms with Gasteiger partial charge in [-0.2, -0.15) is 0 Å². The number of benzene rings is 1. The minimum Gasteiger partial charge on any atom is -0.497 e. The fourth-order valence-corrected chi connectivity index (χ4v) is 3.77. The van der Waals surface area contributed by atoms with E-state index in [-0.39, 0.29) is 22.8 Å². The van der Waals surface area contributed by atoms with Gasteiger partial charge in [0.15, 0.2) is 5.13 Å². The van der Waals surface area contributed by atoms with Crippen LogP contribution >= 0.6 is 11.3 Å². The van der Waals surface area contributed by atoms with E-state index in [1.165, 1.54) is 11.3 Å². The molecule has 1 heterocycles. The predicted molar refractivity (Wildman–Crippen MR) is 109 cm³/mol. The standard InChI is InChI=1S/C20H27N3O3S/c1-19(2,3)12-20(4,5)23-17(25)15-11-27-18(21-15)22-16(24)13-7-9-14(26-6)10-8-13/h7-11H,12H2,1-6H3,(H,23,25)(H,21,22,24). The number of ether oxygens (including phenoxy) is 1. The van der Waals surface area contributed by atoms with Crippen LogP contribution in [0.1, 0.15) is 61.9 Å². The Balaban J connectivity index is 2.00. The average Bonchev–Trinajstić information content (AvgIpc) is 3.00. The van der Waals surface area contributed by atoms with Crippen LogP contribution in [0.5, 0.6) is 5.75 Å². The Hall–Kier alpha value is -2.41. The molecule has 0 bridgehead atoms. The first-order chi connectivity index (χ1) is 12.5. The molecule has 27 heavy (non-hydrogen) atoms. The van der Waals surface area contributed by atoms with Gasteiger partial charge in [-0.1, -0.05) is 20.8 Å². The number of thiazole rings is 1. The normalized spacial score (nSPS) is 11.8. The molecule has 0 spiro atoms. The van der Waals surface area contributed by atoms with Gasteiger partial charge in [-0.3, -0.25) is 14.9 Å². The Morgan fingerprint density at radius 3 is 2.26 bits per heavy atom. The number of aromatic nitrogens is 1. The van der Waals surface area contributed by atoms with Crippen molar-refractivity contribution in [2.24, 2.45) is 5.41 Å². The molecule has 2 amide bonds. The van der Waals surface area contributed by atoms with Gasteiger partial charge in [-0.05, 0) is 49.9 Å². The van der Waals surface area contributed by atoms with Crippen molar-refractivity contribution in [2.45, 2.75) is 46.6 Å². The molecule has 146 valence electrons. The van der Waals surface area contributed by atoms with Gasteiger partial charge in [0.1, 0.15) is 11.4 Å². The molecule has 7 heteroatoms. The molecule has 0 fully saturated rings. The number of amides is 2. The summed E-state index contributed by atoms with van der Waals surface area (Å²) in [6, 6.07) is 6.77. The van der Waals surface area contributed by atoms with Crippen molar-refractivity contribution >= 4 is 28.3 Å². The molecule has 1 aromatic heterocycles. The van der Waals surface area contributed by atoms with E-state index in [9.17, 15) is 9.59 Å². The molecule has 2 rings (SSSR count). The number of nitrogens with one attached hydrogen (secondary N) is 2. The van der Waals surface area contributed by atoms with Crippen molar-refractivity contribution in [1.29, 1.82) is 0 Å². The third kappa shape index (κ3) is 6.36. The van der Waals surface area contributed by atoms with Crippen molar-refractivity contribution in [3.63, 3.8) is 0 Å². The maximum Gasteiger partial charge on any atom is 0.271 e. The SMILES string of the molecule is COc1ccc(C(=O)Nc2nc(C(=O)NC(C)(C)CC(C)(C)C)cs2)cc1. The lowest BCUT2D eigenvalue weighted by atomic mass is 9.82. The zero-order valence-corrected chi connectivity index (χ0v) is 17.5. The van der Waals surface area contributed by atoms with E-state index in [2.05, 4.69) is 36.4 Å². The molecule has 2 aromatic rings. The number of anilines is 1. The highest BCUT2D eigenvalue weighted by molar-refractivity contribution is 7.14. The maximum atomic E-state index is 12.5. The molecule has 0 saturated carbocycles. The number of methoxy groups -OCH3 is 1. The number of hydrogen-bond donors (Lipinski definition) is 2. The van der Waals surface area contributed by atoms with E-state index < -0.39 is 0 Å². The minimum atomic E-state index is -0.356. The smallest absolute Gasteiger partial charge is 0.271 e. The van der Waals surface area contributed by atoms with Gasteiger partial charge < -0.3 is 10.1 Å². The molecular weight excluding hydrogens is 362 g/mol. The zero-order valence-electron chi connectivity index (χ0n) is 16.7. The number of hydrogen-bond acceptors (Lipinski definition) is 5. The number of carbonyl (C=O) groups is 2. The molecule has 0 aliphatic rings. The van der Waals surface area contributed by atoms with Crippen LogP contribution in [-0.4, -0.2) is 29.4 Å². The highest BCUT2D eigenvalue weighted by atomic mass is 32.1. The summed E-state index contributed by atoms with van der Waals surface area (Å²) in [6.45, 7) is 10.4. The van der Waals surface area contributed by atoms with Crippen molar-refractivity contribution in [1.82, 2.24) is 10.3 Å². The summed E-state index contributed by atoms with van der Waals surface area (Å²) in [5.74, 6) is 0.148. The Kier molecular flexibility index (Phi) is 6.26. The quantitative estimate of drug-likeness (QED) is 0.770. The molecule has 0 saturated heterocycles. The van der Waals surface area contributed by atoms with Crippen LogP contribution in [0.3, 0.4) is 0 Å². The summed E-state index contributed by atoms with van der Waals surface area (Å²) in [7, 11) is 1.57. The van der Waals surface area contributed by atoms with Crippen LogP contribution in [0, 0.1) is 5.41 Å². The van der Waals surface area contributed by atoms with Gasteiger partial charge in [-0.15, -0.1) is 11.3 Å². The molecule has 1 aromatic carbocycles. The second kappa shape index (κ2) is 8.08. The van der Waals surface area contributed by atoms with Gasteiger partial charge in [0.05, 0.1) is 7.11 Å². The van der Waals surface area contributed by atoms with E-state index in [1.807, 2.05) is 13.8 Å². The second-order valence-electron chi connectivity index (χ2n) is 8.30. The lowest BCUT2D eigenvalue weighted by Crippen LogP contribution is -2.45. The molecule has 0 radical (unpaired) electrons. The van der Waals surface area contributed by atoms with Crippen LogP contribution in [0.2, 0.25) is 0 Å². The van der Waals surface area contributed by atoms with Crippen LogP contribution in [0.25, 0.3) is 0 Å². The summed E-state index contributed by atoms with van der Waals surface area (Å²) < 4.78 is 5.08. The molecule has 0 aliphatic heterocycles. The minimum absolute atomic E-state index is 0.0936. The van der Waals surface area contributed by atoms with Gasteiger partial charge >= 0.3 is 0 Å². The first kappa shape index (κ1) is 20.9. The highest BCUT2D eigenvalue weighted by Gasteiger charge is 2.28. The monoisotopic (exact) mass is 389 g/mol. The number of nitrogens with zero attached hydrogens (tertiary/aromatic N) is 1. The van der Waals surface area contributed by atoms with Gasteiger partial charge in [0.25, 0.3) is 11.8 Å². The van der Waals surface area contributed by atoms with E-state index in [0.717, 1.165) is 6.42 Å². The number of rotatable bonds is 6.